The molecular weight excluding hydrogens is 352 g/mol. The van der Waals surface area contributed by atoms with E-state index in [0.717, 1.165) is 11.1 Å². The number of aliphatic hydroxyl groups is 1. The topological polar surface area (TPSA) is 74.5 Å². The van der Waals surface area contributed by atoms with E-state index in [1.54, 1.807) is 19.2 Å². The van der Waals surface area contributed by atoms with Crippen LogP contribution in [0.15, 0.2) is 42.5 Å². The zero-order valence-corrected chi connectivity index (χ0v) is 15.5. The average molecular weight is 375 g/mol. The summed E-state index contributed by atoms with van der Waals surface area (Å²) in [5.74, 6) is 1.31. The molecule has 2 N–H and O–H groups in total. The number of nitrogens with one attached hydrogen (secondary N) is 1. The van der Waals surface area contributed by atoms with E-state index in [-0.39, 0.29) is 0 Å². The third-order valence-corrected chi connectivity index (χ3v) is 4.09. The van der Waals surface area contributed by atoms with Crippen LogP contribution >= 0.6 is 11.6 Å². The fourth-order valence-corrected chi connectivity index (χ4v) is 2.56. The number of benzene rings is 2. The number of unbranched alkanes of at least 4 members (excludes halogenated alkanes) is 1. The summed E-state index contributed by atoms with van der Waals surface area (Å²) in [6.07, 6.45) is 0.536. The van der Waals surface area contributed by atoms with E-state index >= 15 is 0 Å². The second-order valence-electron chi connectivity index (χ2n) is 5.79. The Balaban J connectivity index is 1.88. The summed E-state index contributed by atoms with van der Waals surface area (Å²) >= 11 is 5.86. The van der Waals surface area contributed by atoms with Crippen molar-refractivity contribution in [2.45, 2.75) is 25.5 Å². The van der Waals surface area contributed by atoms with Crippen LogP contribution in [-0.2, 0) is 6.54 Å². The number of hydrogen-bond acceptors (Lipinski definition) is 5. The molecule has 138 valence electrons. The molecule has 0 aliphatic carbocycles. The largest absolute Gasteiger partial charge is 0.493 e. The van der Waals surface area contributed by atoms with E-state index < -0.39 is 6.10 Å². The van der Waals surface area contributed by atoms with Crippen LogP contribution in [0.4, 0.5) is 0 Å². The van der Waals surface area contributed by atoms with E-state index in [9.17, 15) is 5.11 Å². The first-order chi connectivity index (χ1) is 12.6. The third kappa shape index (κ3) is 6.23. The molecule has 0 saturated carbocycles. The van der Waals surface area contributed by atoms with Gasteiger partial charge in [0.1, 0.15) is 0 Å². The molecule has 0 spiro atoms. The fraction of sp³-hybridized carbons (Fsp3) is 0.350. The van der Waals surface area contributed by atoms with Crippen molar-refractivity contribution in [3.05, 3.63) is 58.6 Å². The van der Waals surface area contributed by atoms with Gasteiger partial charge in [-0.3, -0.25) is 0 Å². The molecule has 1 unspecified atom stereocenters. The van der Waals surface area contributed by atoms with Crippen molar-refractivity contribution in [3.63, 3.8) is 0 Å². The maximum atomic E-state index is 10.2. The second-order valence-corrected chi connectivity index (χ2v) is 6.23. The van der Waals surface area contributed by atoms with Crippen LogP contribution in [0.5, 0.6) is 11.5 Å². The first kappa shape index (κ1) is 20.1. The molecule has 2 aromatic rings. The van der Waals surface area contributed by atoms with Gasteiger partial charge in [0.05, 0.1) is 25.9 Å². The smallest absolute Gasteiger partial charge is 0.161 e. The van der Waals surface area contributed by atoms with Crippen molar-refractivity contribution in [3.8, 4) is 17.6 Å². The Labute approximate surface area is 159 Å². The SMILES string of the molecule is COc1ccc(CNCC(O)c2ccc(Cl)cc2)cc1OCCCC#N. The summed E-state index contributed by atoms with van der Waals surface area (Å²) in [5.41, 5.74) is 1.84. The van der Waals surface area contributed by atoms with E-state index in [2.05, 4.69) is 11.4 Å². The number of methoxy groups -OCH3 is 1. The molecule has 0 aliphatic heterocycles. The van der Waals surface area contributed by atoms with Crippen molar-refractivity contribution >= 4 is 11.6 Å². The predicted octanol–water partition coefficient (Wildman–Crippen LogP) is 3.85. The maximum Gasteiger partial charge on any atom is 0.161 e. The van der Waals surface area contributed by atoms with Crippen LogP contribution in [-0.4, -0.2) is 25.4 Å². The first-order valence-electron chi connectivity index (χ1n) is 8.45. The van der Waals surface area contributed by atoms with Crippen LogP contribution in [0, 0.1) is 11.3 Å². The standard InChI is InChI=1S/C20H23ClN2O3/c1-25-19-9-4-15(12-20(19)26-11-3-2-10-22)13-23-14-18(24)16-5-7-17(21)8-6-16/h4-9,12,18,23-24H,2-3,11,13-14H2,1H3. The number of aliphatic hydroxyl groups excluding tert-OH is 1. The molecule has 5 nitrogen and oxygen atoms in total. The molecule has 2 aromatic carbocycles. The molecule has 0 heterocycles. The Morgan fingerprint density at radius 1 is 1.19 bits per heavy atom. The number of hydrogen-bond donors (Lipinski definition) is 2. The molecule has 26 heavy (non-hydrogen) atoms. The van der Waals surface area contributed by atoms with Gasteiger partial charge in [-0.2, -0.15) is 5.26 Å². The fourth-order valence-electron chi connectivity index (χ4n) is 2.43. The van der Waals surface area contributed by atoms with Gasteiger partial charge < -0.3 is 19.9 Å². The summed E-state index contributed by atoms with van der Waals surface area (Å²) in [6, 6.07) is 15.0. The number of nitriles is 1. The molecule has 0 aromatic heterocycles. The Morgan fingerprint density at radius 2 is 1.96 bits per heavy atom. The molecule has 0 aliphatic rings. The van der Waals surface area contributed by atoms with E-state index in [0.29, 0.717) is 49.1 Å². The van der Waals surface area contributed by atoms with Crippen LogP contribution < -0.4 is 14.8 Å². The number of rotatable bonds is 10. The van der Waals surface area contributed by atoms with Gasteiger partial charge >= 0.3 is 0 Å². The van der Waals surface area contributed by atoms with Gasteiger partial charge in [-0.1, -0.05) is 29.8 Å². The van der Waals surface area contributed by atoms with Crippen molar-refractivity contribution in [1.29, 1.82) is 5.26 Å². The first-order valence-corrected chi connectivity index (χ1v) is 8.82. The minimum absolute atomic E-state index is 0.423. The maximum absolute atomic E-state index is 10.2. The normalized spacial score (nSPS) is 11.6. The molecule has 0 amide bonds. The summed E-state index contributed by atoms with van der Waals surface area (Å²) in [5, 5.41) is 22.7. The molecular formula is C20H23ClN2O3. The average Bonchev–Trinajstić information content (AvgIpc) is 2.66. The van der Waals surface area contributed by atoms with Crippen LogP contribution in [0.3, 0.4) is 0 Å². The van der Waals surface area contributed by atoms with Crippen molar-refractivity contribution in [2.75, 3.05) is 20.3 Å². The molecule has 0 fully saturated rings. The predicted molar refractivity (Wildman–Crippen MR) is 101 cm³/mol. The van der Waals surface area contributed by atoms with Crippen molar-refractivity contribution in [1.82, 2.24) is 5.32 Å². The highest BCUT2D eigenvalue weighted by Gasteiger charge is 2.09. The molecule has 2 rings (SSSR count). The number of ether oxygens (including phenoxy) is 2. The van der Waals surface area contributed by atoms with Crippen LogP contribution in [0.1, 0.15) is 30.1 Å². The minimum atomic E-state index is -0.604. The molecule has 6 heteroatoms. The number of halogens is 1. The van der Waals surface area contributed by atoms with Gasteiger partial charge in [0.2, 0.25) is 0 Å². The highest BCUT2D eigenvalue weighted by molar-refractivity contribution is 6.30. The van der Waals surface area contributed by atoms with E-state index in [1.807, 2.05) is 30.3 Å². The zero-order chi connectivity index (χ0) is 18.8. The Hall–Kier alpha value is -2.26. The van der Waals surface area contributed by atoms with Crippen molar-refractivity contribution in [2.24, 2.45) is 0 Å². The lowest BCUT2D eigenvalue weighted by Crippen LogP contribution is -2.21. The van der Waals surface area contributed by atoms with Gasteiger partial charge in [-0.15, -0.1) is 0 Å². The lowest BCUT2D eigenvalue weighted by Gasteiger charge is -2.14. The zero-order valence-electron chi connectivity index (χ0n) is 14.7. The van der Waals surface area contributed by atoms with Crippen LogP contribution in [0.2, 0.25) is 5.02 Å². The van der Waals surface area contributed by atoms with E-state index in [4.69, 9.17) is 26.3 Å². The lowest BCUT2D eigenvalue weighted by atomic mass is 10.1. The van der Waals surface area contributed by atoms with Crippen LogP contribution in [0.25, 0.3) is 0 Å². The Bertz CT molecular complexity index is 729. The Kier molecular flexibility index (Phi) is 8.23. The quantitative estimate of drug-likeness (QED) is 0.618. The van der Waals surface area contributed by atoms with Gasteiger partial charge in [0, 0.05) is 24.5 Å². The third-order valence-electron chi connectivity index (χ3n) is 3.84. The highest BCUT2D eigenvalue weighted by atomic mass is 35.5. The highest BCUT2D eigenvalue weighted by Crippen LogP contribution is 2.28. The second kappa shape index (κ2) is 10.7. The van der Waals surface area contributed by atoms with Gasteiger partial charge in [-0.05, 0) is 41.8 Å². The number of nitrogens with zero attached hydrogens (tertiary/aromatic N) is 1. The van der Waals surface area contributed by atoms with Gasteiger partial charge in [-0.25, -0.2) is 0 Å². The summed E-state index contributed by atoms with van der Waals surface area (Å²) in [7, 11) is 1.60. The lowest BCUT2D eigenvalue weighted by molar-refractivity contribution is 0.174. The van der Waals surface area contributed by atoms with Crippen molar-refractivity contribution < 1.29 is 14.6 Å². The molecule has 0 radical (unpaired) electrons. The minimum Gasteiger partial charge on any atom is -0.493 e. The summed E-state index contributed by atoms with van der Waals surface area (Å²) in [4.78, 5) is 0. The molecule has 0 saturated heterocycles. The van der Waals surface area contributed by atoms with Gasteiger partial charge in [0.15, 0.2) is 11.5 Å². The summed E-state index contributed by atoms with van der Waals surface area (Å²) in [6.45, 7) is 1.48. The Morgan fingerprint density at radius 3 is 2.65 bits per heavy atom. The summed E-state index contributed by atoms with van der Waals surface area (Å²) < 4.78 is 11.0. The van der Waals surface area contributed by atoms with E-state index in [1.165, 1.54) is 0 Å². The molecule has 0 bridgehead atoms. The van der Waals surface area contributed by atoms with Gasteiger partial charge in [0.25, 0.3) is 0 Å². The molecule has 1 atom stereocenters. The monoisotopic (exact) mass is 374 g/mol.